The third-order valence-electron chi connectivity index (χ3n) is 0.658. The first-order valence-corrected chi connectivity index (χ1v) is 3.22. The van der Waals surface area contributed by atoms with Crippen molar-refractivity contribution in [2.45, 2.75) is 13.3 Å². The predicted octanol–water partition coefficient (Wildman–Crippen LogP) is 1.03. The highest BCUT2D eigenvalue weighted by molar-refractivity contribution is 5.98. The lowest BCUT2D eigenvalue weighted by molar-refractivity contribution is 0.535. The summed E-state index contributed by atoms with van der Waals surface area (Å²) < 4.78 is 4.68. The molecule has 0 aliphatic heterocycles. The maximum absolute atomic E-state index is 4.68. The molecule has 0 aromatic rings. The van der Waals surface area contributed by atoms with Crippen molar-refractivity contribution in [1.82, 2.24) is 0 Å². The Hall–Kier alpha value is -0.503. The second kappa shape index (κ2) is 6.50. The van der Waals surface area contributed by atoms with Crippen LogP contribution < -0.4 is 0 Å². The van der Waals surface area contributed by atoms with Crippen LogP contribution in [0, 0.1) is 0 Å². The summed E-state index contributed by atoms with van der Waals surface area (Å²) in [6.07, 6.45) is 8.64. The van der Waals surface area contributed by atoms with E-state index in [-0.39, 0.29) is 0 Å². The fourth-order valence-electron chi connectivity index (χ4n) is 0.316. The largest absolute Gasteiger partial charge is 0.554 e. The standard InChI is InChI=1S/C6H11OSi/c1-2-3-4-5-6-7-8/h3-6H,2,8H2,1H3. The van der Waals surface area contributed by atoms with Crippen LogP contribution in [-0.4, -0.2) is 10.5 Å². The molecule has 1 radical (unpaired) electrons. The lowest BCUT2D eigenvalue weighted by Gasteiger charge is -1.80. The van der Waals surface area contributed by atoms with Crippen LogP contribution in [0.25, 0.3) is 0 Å². The molecule has 0 spiro atoms. The maximum Gasteiger partial charge on any atom is 0.242 e. The number of allylic oxidation sites excluding steroid dienone is 3. The highest BCUT2D eigenvalue weighted by atomic mass is 28.2. The van der Waals surface area contributed by atoms with Crippen LogP contribution in [0.3, 0.4) is 0 Å². The molecule has 0 amide bonds. The fraction of sp³-hybridized carbons (Fsp3) is 0.333. The van der Waals surface area contributed by atoms with Crippen LogP contribution in [0.4, 0.5) is 0 Å². The van der Waals surface area contributed by atoms with Crippen molar-refractivity contribution in [3.8, 4) is 0 Å². The minimum Gasteiger partial charge on any atom is -0.554 e. The van der Waals surface area contributed by atoms with Gasteiger partial charge < -0.3 is 4.43 Å². The summed E-state index contributed by atoms with van der Waals surface area (Å²) in [5.41, 5.74) is 0. The molecular formula is C6H11OSi. The molecule has 0 aliphatic rings. The Morgan fingerprint density at radius 3 is 2.75 bits per heavy atom. The second-order valence-electron chi connectivity index (χ2n) is 1.33. The van der Waals surface area contributed by atoms with Crippen LogP contribution in [0.1, 0.15) is 13.3 Å². The minimum absolute atomic E-state index is 1.08. The Bertz CT molecular complexity index is 74.5. The van der Waals surface area contributed by atoms with Gasteiger partial charge in [0.1, 0.15) is 0 Å². The van der Waals surface area contributed by atoms with Gasteiger partial charge in [0.2, 0.25) is 10.5 Å². The Morgan fingerprint density at radius 2 is 2.25 bits per heavy atom. The summed E-state index contributed by atoms with van der Waals surface area (Å²) in [4.78, 5) is 0. The van der Waals surface area contributed by atoms with E-state index < -0.39 is 0 Å². The second-order valence-corrected chi connectivity index (χ2v) is 1.66. The van der Waals surface area contributed by atoms with E-state index in [9.17, 15) is 0 Å². The Labute approximate surface area is 53.6 Å². The van der Waals surface area contributed by atoms with Gasteiger partial charge >= 0.3 is 0 Å². The first kappa shape index (κ1) is 7.50. The molecule has 1 nitrogen and oxygen atoms in total. The average molecular weight is 127 g/mol. The highest BCUT2D eigenvalue weighted by Gasteiger charge is 1.61. The van der Waals surface area contributed by atoms with Crippen molar-refractivity contribution >= 4 is 10.5 Å². The number of rotatable bonds is 3. The smallest absolute Gasteiger partial charge is 0.242 e. The molecule has 0 saturated heterocycles. The number of hydrogen-bond donors (Lipinski definition) is 0. The van der Waals surface area contributed by atoms with E-state index in [1.165, 1.54) is 10.5 Å². The van der Waals surface area contributed by atoms with Gasteiger partial charge in [0.05, 0.1) is 6.26 Å². The minimum atomic E-state index is 1.08. The van der Waals surface area contributed by atoms with Crippen molar-refractivity contribution in [2.24, 2.45) is 0 Å². The molecule has 0 atom stereocenters. The first-order chi connectivity index (χ1) is 3.91. The quantitative estimate of drug-likeness (QED) is 0.312. The van der Waals surface area contributed by atoms with Crippen molar-refractivity contribution in [1.29, 1.82) is 0 Å². The Balaban J connectivity index is 3.13. The van der Waals surface area contributed by atoms with Gasteiger partial charge in [-0.05, 0) is 12.5 Å². The molecule has 0 N–H and O–H groups in total. The van der Waals surface area contributed by atoms with Crippen LogP contribution >= 0.6 is 0 Å². The van der Waals surface area contributed by atoms with Crippen LogP contribution in [-0.2, 0) is 4.43 Å². The zero-order valence-electron chi connectivity index (χ0n) is 5.13. The molecule has 8 heavy (non-hydrogen) atoms. The third kappa shape index (κ3) is 5.50. The molecular weight excluding hydrogens is 116 g/mol. The molecule has 0 fully saturated rings. The summed E-state index contributed by atoms with van der Waals surface area (Å²) in [6.45, 7) is 2.10. The monoisotopic (exact) mass is 127 g/mol. The molecule has 2 heteroatoms. The lowest BCUT2D eigenvalue weighted by atomic mass is 10.4. The van der Waals surface area contributed by atoms with Crippen LogP contribution in [0.15, 0.2) is 24.5 Å². The lowest BCUT2D eigenvalue weighted by Crippen LogP contribution is -1.64. The molecule has 0 saturated carbocycles. The predicted molar refractivity (Wildman–Crippen MR) is 38.2 cm³/mol. The summed E-state index contributed by atoms with van der Waals surface area (Å²) in [6, 6.07) is 0. The van der Waals surface area contributed by atoms with Gasteiger partial charge in [-0.2, -0.15) is 0 Å². The third-order valence-corrected chi connectivity index (χ3v) is 0.850. The highest BCUT2D eigenvalue weighted by Crippen LogP contribution is 1.80. The molecule has 0 heterocycles. The molecule has 0 aromatic heterocycles. The Morgan fingerprint density at radius 1 is 1.50 bits per heavy atom. The molecule has 0 rings (SSSR count). The Kier molecular flexibility index (Phi) is 6.09. The zero-order valence-corrected chi connectivity index (χ0v) is 6.55. The van der Waals surface area contributed by atoms with Gasteiger partial charge in [-0.25, -0.2) is 0 Å². The average Bonchev–Trinajstić information content (AvgIpc) is 1.81. The van der Waals surface area contributed by atoms with E-state index in [0.717, 1.165) is 6.42 Å². The summed E-state index contributed by atoms with van der Waals surface area (Å²) in [5.74, 6) is 0. The van der Waals surface area contributed by atoms with E-state index in [1.807, 2.05) is 12.2 Å². The van der Waals surface area contributed by atoms with Crippen LogP contribution in [0.2, 0.25) is 0 Å². The first-order valence-electron chi connectivity index (χ1n) is 2.64. The van der Waals surface area contributed by atoms with Crippen molar-refractivity contribution < 1.29 is 4.43 Å². The van der Waals surface area contributed by atoms with Gasteiger partial charge in [0.15, 0.2) is 0 Å². The molecule has 45 valence electrons. The van der Waals surface area contributed by atoms with Crippen molar-refractivity contribution in [2.75, 3.05) is 0 Å². The topological polar surface area (TPSA) is 9.23 Å². The SMILES string of the molecule is CCC=CC=CO[SiH2]. The van der Waals surface area contributed by atoms with Crippen molar-refractivity contribution in [3.63, 3.8) is 0 Å². The molecule has 0 aromatic carbocycles. The van der Waals surface area contributed by atoms with Gasteiger partial charge in [-0.1, -0.05) is 19.1 Å². The van der Waals surface area contributed by atoms with Gasteiger partial charge in [-0.3, -0.25) is 0 Å². The summed E-state index contributed by atoms with van der Waals surface area (Å²) >= 11 is 0. The van der Waals surface area contributed by atoms with E-state index in [4.69, 9.17) is 0 Å². The van der Waals surface area contributed by atoms with Gasteiger partial charge in [-0.15, -0.1) is 0 Å². The van der Waals surface area contributed by atoms with Crippen molar-refractivity contribution in [3.05, 3.63) is 24.5 Å². The maximum atomic E-state index is 4.68. The fourth-order valence-corrected chi connectivity index (χ4v) is 0.427. The van der Waals surface area contributed by atoms with E-state index in [2.05, 4.69) is 17.4 Å². The zero-order chi connectivity index (χ0) is 6.24. The van der Waals surface area contributed by atoms with Crippen LogP contribution in [0.5, 0.6) is 0 Å². The molecule has 0 unspecified atom stereocenters. The number of hydrogen-bond acceptors (Lipinski definition) is 1. The molecule has 0 aliphatic carbocycles. The van der Waals surface area contributed by atoms with Gasteiger partial charge in [0, 0.05) is 0 Å². The van der Waals surface area contributed by atoms with E-state index in [1.54, 1.807) is 6.26 Å². The normalized spacial score (nSPS) is 11.2. The van der Waals surface area contributed by atoms with Gasteiger partial charge in [0.25, 0.3) is 0 Å². The van der Waals surface area contributed by atoms with E-state index >= 15 is 0 Å². The summed E-state index contributed by atoms with van der Waals surface area (Å²) in [5, 5.41) is 0. The molecule has 0 bridgehead atoms. The summed E-state index contributed by atoms with van der Waals surface area (Å²) in [7, 11) is 1.47. The van der Waals surface area contributed by atoms with E-state index in [0.29, 0.717) is 0 Å².